The van der Waals surface area contributed by atoms with Crippen LogP contribution in [0.1, 0.15) is 32.3 Å². The normalized spacial score (nSPS) is 12.1. The Labute approximate surface area is 127 Å². The molecule has 0 fully saturated rings. The average Bonchev–Trinajstić information content (AvgIpc) is 2.46. The second-order valence-electron chi connectivity index (χ2n) is 5.68. The van der Waals surface area contributed by atoms with Crippen LogP contribution in [0.2, 0.25) is 0 Å². The van der Waals surface area contributed by atoms with Crippen molar-refractivity contribution in [2.75, 3.05) is 25.1 Å². The molecule has 0 aliphatic rings. The molecule has 0 aliphatic carbocycles. The first-order chi connectivity index (χ1) is 10.1. The van der Waals surface area contributed by atoms with Gasteiger partial charge in [-0.3, -0.25) is 0 Å². The summed E-state index contributed by atoms with van der Waals surface area (Å²) >= 11 is 0. The molecule has 0 aromatic heterocycles. The van der Waals surface area contributed by atoms with Crippen LogP contribution in [0.4, 0.5) is 5.69 Å². The van der Waals surface area contributed by atoms with Crippen molar-refractivity contribution in [3.63, 3.8) is 0 Å². The first kappa shape index (κ1) is 17.5. The second-order valence-corrected chi connectivity index (χ2v) is 5.68. The Morgan fingerprint density at radius 2 is 2.00 bits per heavy atom. The maximum Gasteiger partial charge on any atom is 0.0945 e. The molecule has 0 saturated heterocycles. The van der Waals surface area contributed by atoms with Gasteiger partial charge in [-0.05, 0) is 36.5 Å². The summed E-state index contributed by atoms with van der Waals surface area (Å²) < 4.78 is 5.46. The van der Waals surface area contributed by atoms with Gasteiger partial charge >= 0.3 is 0 Å². The number of hydrogen-bond donors (Lipinski definition) is 2. The van der Waals surface area contributed by atoms with Gasteiger partial charge in [0.15, 0.2) is 0 Å². The summed E-state index contributed by atoms with van der Waals surface area (Å²) in [5.74, 6) is 0.698. The van der Waals surface area contributed by atoms with E-state index in [-0.39, 0.29) is 0 Å². The third-order valence-corrected chi connectivity index (χ3v) is 3.16. The molecule has 0 spiro atoms. The average molecular weight is 290 g/mol. The molecule has 0 bridgehead atoms. The SMILES string of the molecule is CC(C)CCCOCC(O)CNc1ccc(CC#N)cc1. The Morgan fingerprint density at radius 1 is 1.29 bits per heavy atom. The van der Waals surface area contributed by atoms with Gasteiger partial charge in [-0.15, -0.1) is 0 Å². The minimum absolute atomic E-state index is 0.359. The molecule has 1 aromatic rings. The number of aliphatic hydroxyl groups is 1. The minimum atomic E-state index is -0.511. The molecule has 0 heterocycles. The number of rotatable bonds is 10. The molecule has 116 valence electrons. The first-order valence-corrected chi connectivity index (χ1v) is 7.57. The summed E-state index contributed by atoms with van der Waals surface area (Å²) in [5.41, 5.74) is 1.94. The molecular weight excluding hydrogens is 264 g/mol. The van der Waals surface area contributed by atoms with E-state index in [9.17, 15) is 5.11 Å². The third-order valence-electron chi connectivity index (χ3n) is 3.16. The van der Waals surface area contributed by atoms with Crippen LogP contribution in [0.15, 0.2) is 24.3 Å². The van der Waals surface area contributed by atoms with Gasteiger partial charge in [-0.2, -0.15) is 5.26 Å². The first-order valence-electron chi connectivity index (χ1n) is 7.57. The largest absolute Gasteiger partial charge is 0.389 e. The lowest BCUT2D eigenvalue weighted by molar-refractivity contribution is 0.0409. The van der Waals surface area contributed by atoms with E-state index < -0.39 is 6.10 Å². The zero-order chi connectivity index (χ0) is 15.5. The van der Waals surface area contributed by atoms with Gasteiger partial charge in [-0.25, -0.2) is 0 Å². The van der Waals surface area contributed by atoms with Crippen LogP contribution in [0.25, 0.3) is 0 Å². The Balaban J connectivity index is 2.14. The van der Waals surface area contributed by atoms with Crippen molar-refractivity contribution in [3.8, 4) is 6.07 Å². The molecule has 0 aliphatic heterocycles. The van der Waals surface area contributed by atoms with Crippen LogP contribution < -0.4 is 5.32 Å². The number of nitrogens with zero attached hydrogens (tertiary/aromatic N) is 1. The van der Waals surface area contributed by atoms with Gasteiger partial charge in [0.05, 0.1) is 25.2 Å². The van der Waals surface area contributed by atoms with Crippen LogP contribution >= 0.6 is 0 Å². The van der Waals surface area contributed by atoms with Crippen molar-refractivity contribution in [1.82, 2.24) is 0 Å². The molecule has 21 heavy (non-hydrogen) atoms. The smallest absolute Gasteiger partial charge is 0.0945 e. The fourth-order valence-corrected chi connectivity index (χ4v) is 1.94. The van der Waals surface area contributed by atoms with E-state index in [0.29, 0.717) is 32.1 Å². The van der Waals surface area contributed by atoms with E-state index >= 15 is 0 Å². The topological polar surface area (TPSA) is 65.3 Å². The van der Waals surface area contributed by atoms with Gasteiger partial charge in [0, 0.05) is 18.8 Å². The third kappa shape index (κ3) is 8.34. The van der Waals surface area contributed by atoms with Crippen molar-refractivity contribution in [2.45, 2.75) is 39.2 Å². The van der Waals surface area contributed by atoms with Crippen LogP contribution in [0, 0.1) is 17.2 Å². The maximum atomic E-state index is 9.83. The molecule has 0 radical (unpaired) electrons. The van der Waals surface area contributed by atoms with Gasteiger partial charge < -0.3 is 15.2 Å². The lowest BCUT2D eigenvalue weighted by Gasteiger charge is -2.13. The molecule has 4 heteroatoms. The predicted molar refractivity (Wildman–Crippen MR) is 85.1 cm³/mol. The lowest BCUT2D eigenvalue weighted by atomic mass is 10.1. The van der Waals surface area contributed by atoms with Crippen molar-refractivity contribution < 1.29 is 9.84 Å². The number of anilines is 1. The van der Waals surface area contributed by atoms with Crippen molar-refractivity contribution in [3.05, 3.63) is 29.8 Å². The highest BCUT2D eigenvalue weighted by atomic mass is 16.5. The summed E-state index contributed by atoms with van der Waals surface area (Å²) in [4.78, 5) is 0. The van der Waals surface area contributed by atoms with E-state index in [1.165, 1.54) is 0 Å². The molecule has 1 aromatic carbocycles. The van der Waals surface area contributed by atoms with E-state index in [4.69, 9.17) is 10.00 Å². The number of nitrogens with one attached hydrogen (secondary N) is 1. The summed E-state index contributed by atoms with van der Waals surface area (Å²) in [7, 11) is 0. The number of nitriles is 1. The Kier molecular flexibility index (Phi) is 8.49. The Hall–Kier alpha value is -1.57. The standard InChI is InChI=1S/C17H26N2O2/c1-14(2)4-3-11-21-13-17(20)12-19-16-7-5-15(6-8-16)9-10-18/h5-8,14,17,19-20H,3-4,9,11-13H2,1-2H3. The predicted octanol–water partition coefficient (Wildman–Crippen LogP) is 2.98. The summed E-state index contributed by atoms with van der Waals surface area (Å²) in [6.45, 7) is 5.92. The van der Waals surface area contributed by atoms with E-state index in [2.05, 4.69) is 25.2 Å². The van der Waals surface area contributed by atoms with Gasteiger partial charge in [-0.1, -0.05) is 26.0 Å². The van der Waals surface area contributed by atoms with Gasteiger partial charge in [0.1, 0.15) is 0 Å². The van der Waals surface area contributed by atoms with E-state index in [1.807, 2.05) is 24.3 Å². The Morgan fingerprint density at radius 3 is 2.62 bits per heavy atom. The molecule has 0 saturated carbocycles. The van der Waals surface area contributed by atoms with Crippen molar-refractivity contribution in [1.29, 1.82) is 5.26 Å². The molecule has 4 nitrogen and oxygen atoms in total. The molecule has 1 rings (SSSR count). The van der Waals surface area contributed by atoms with Crippen molar-refractivity contribution >= 4 is 5.69 Å². The van der Waals surface area contributed by atoms with Gasteiger partial charge in [0.25, 0.3) is 0 Å². The van der Waals surface area contributed by atoms with Crippen LogP contribution in [0.5, 0.6) is 0 Å². The zero-order valence-electron chi connectivity index (χ0n) is 13.0. The number of benzene rings is 1. The van der Waals surface area contributed by atoms with Crippen LogP contribution in [0.3, 0.4) is 0 Å². The summed E-state index contributed by atoms with van der Waals surface area (Å²) in [5, 5.41) is 21.6. The highest BCUT2D eigenvalue weighted by Crippen LogP contribution is 2.10. The van der Waals surface area contributed by atoms with Crippen LogP contribution in [-0.2, 0) is 11.2 Å². The minimum Gasteiger partial charge on any atom is -0.389 e. The van der Waals surface area contributed by atoms with Crippen LogP contribution in [-0.4, -0.2) is 31.0 Å². The molecule has 1 atom stereocenters. The zero-order valence-corrected chi connectivity index (χ0v) is 13.0. The van der Waals surface area contributed by atoms with E-state index in [1.54, 1.807) is 0 Å². The molecule has 1 unspecified atom stereocenters. The van der Waals surface area contributed by atoms with E-state index in [0.717, 1.165) is 24.1 Å². The van der Waals surface area contributed by atoms with Crippen molar-refractivity contribution in [2.24, 2.45) is 5.92 Å². The fourth-order valence-electron chi connectivity index (χ4n) is 1.94. The summed E-state index contributed by atoms with van der Waals surface area (Å²) in [6, 6.07) is 9.79. The highest BCUT2D eigenvalue weighted by molar-refractivity contribution is 5.45. The second kappa shape index (κ2) is 10.2. The molecule has 0 amide bonds. The monoisotopic (exact) mass is 290 g/mol. The molecule has 2 N–H and O–H groups in total. The fraction of sp³-hybridized carbons (Fsp3) is 0.588. The quantitative estimate of drug-likeness (QED) is 0.650. The lowest BCUT2D eigenvalue weighted by Crippen LogP contribution is -2.25. The Bertz CT molecular complexity index is 423. The highest BCUT2D eigenvalue weighted by Gasteiger charge is 2.04. The summed E-state index contributed by atoms with van der Waals surface area (Å²) in [6.07, 6.45) is 2.11. The number of hydrogen-bond acceptors (Lipinski definition) is 4. The number of ether oxygens (including phenoxy) is 1. The maximum absolute atomic E-state index is 9.83. The number of aliphatic hydroxyl groups excluding tert-OH is 1. The van der Waals surface area contributed by atoms with Gasteiger partial charge in [0.2, 0.25) is 0 Å². The molecular formula is C17H26N2O2.